The van der Waals surface area contributed by atoms with E-state index in [9.17, 15) is 9.59 Å². The number of hydrogen-bond donors (Lipinski definition) is 1. The normalized spacial score (nSPS) is 10.8. The molecule has 28 heavy (non-hydrogen) atoms. The third-order valence-corrected chi connectivity index (χ3v) is 3.69. The van der Waals surface area contributed by atoms with E-state index in [4.69, 9.17) is 9.47 Å². The molecule has 6 heteroatoms. The van der Waals surface area contributed by atoms with Crippen molar-refractivity contribution < 1.29 is 19.1 Å². The van der Waals surface area contributed by atoms with Crippen molar-refractivity contribution in [3.63, 3.8) is 0 Å². The molecule has 0 atom stereocenters. The van der Waals surface area contributed by atoms with Crippen LogP contribution in [0.4, 0.5) is 10.5 Å². The number of carbonyl (C=O) groups excluding carboxylic acids is 2. The summed E-state index contributed by atoms with van der Waals surface area (Å²) in [6.45, 7) is 6.15. The number of anilines is 1. The summed E-state index contributed by atoms with van der Waals surface area (Å²) in [6.07, 6.45) is -0.551. The first kappa shape index (κ1) is 21.3. The molecule has 0 unspecified atom stereocenters. The zero-order valence-electron chi connectivity index (χ0n) is 16.7. The van der Waals surface area contributed by atoms with Crippen molar-refractivity contribution in [1.29, 1.82) is 0 Å². The van der Waals surface area contributed by atoms with Crippen molar-refractivity contribution in [3.8, 4) is 0 Å². The summed E-state index contributed by atoms with van der Waals surface area (Å²) in [4.78, 5) is 26.1. The Morgan fingerprint density at radius 1 is 0.964 bits per heavy atom. The molecule has 2 rings (SSSR count). The number of rotatable bonds is 8. The summed E-state index contributed by atoms with van der Waals surface area (Å²) >= 11 is 0. The molecule has 0 fully saturated rings. The summed E-state index contributed by atoms with van der Waals surface area (Å²) in [5, 5.41) is 3.22. The molecule has 0 saturated carbocycles. The second-order valence-electron chi connectivity index (χ2n) is 7.34. The van der Waals surface area contributed by atoms with Gasteiger partial charge in [0.2, 0.25) is 0 Å². The van der Waals surface area contributed by atoms with E-state index in [2.05, 4.69) is 5.32 Å². The zero-order valence-corrected chi connectivity index (χ0v) is 16.7. The molecule has 6 nitrogen and oxygen atoms in total. The molecule has 0 aliphatic rings. The molecule has 1 amide bonds. The molecule has 2 aromatic rings. The first-order valence-corrected chi connectivity index (χ1v) is 9.30. The maximum absolute atomic E-state index is 12.5. The van der Waals surface area contributed by atoms with Crippen LogP contribution in [-0.4, -0.2) is 42.2 Å². The molecule has 0 radical (unpaired) electrons. The van der Waals surface area contributed by atoms with Crippen LogP contribution in [-0.2, 0) is 20.9 Å². The van der Waals surface area contributed by atoms with Gasteiger partial charge in [0.1, 0.15) is 18.8 Å². The highest BCUT2D eigenvalue weighted by Gasteiger charge is 2.23. The lowest BCUT2D eigenvalue weighted by Gasteiger charge is -2.25. The number of esters is 1. The Labute approximate surface area is 166 Å². The van der Waals surface area contributed by atoms with Gasteiger partial charge in [0.05, 0.1) is 0 Å². The third kappa shape index (κ3) is 8.12. The predicted octanol–water partition coefficient (Wildman–Crippen LogP) is 4.08. The van der Waals surface area contributed by atoms with Gasteiger partial charge in [-0.15, -0.1) is 0 Å². The van der Waals surface area contributed by atoms with Gasteiger partial charge in [-0.25, -0.2) is 4.79 Å². The fourth-order valence-electron chi connectivity index (χ4n) is 2.47. The number of carbonyl (C=O) groups is 2. The summed E-state index contributed by atoms with van der Waals surface area (Å²) in [6, 6.07) is 19.1. The average Bonchev–Trinajstić information content (AvgIpc) is 2.65. The van der Waals surface area contributed by atoms with Crippen LogP contribution in [0.25, 0.3) is 0 Å². The smallest absolute Gasteiger partial charge is 0.410 e. The van der Waals surface area contributed by atoms with E-state index in [0.717, 1.165) is 11.3 Å². The van der Waals surface area contributed by atoms with Crippen LogP contribution in [0.5, 0.6) is 0 Å². The minimum atomic E-state index is -0.612. The van der Waals surface area contributed by atoms with Crippen LogP contribution in [0.3, 0.4) is 0 Å². The summed E-state index contributed by atoms with van der Waals surface area (Å²) < 4.78 is 10.7. The zero-order chi connectivity index (χ0) is 20.4. The number of benzene rings is 2. The fourth-order valence-corrected chi connectivity index (χ4v) is 2.47. The number of amides is 1. The Morgan fingerprint density at radius 3 is 2.18 bits per heavy atom. The largest absolute Gasteiger partial charge is 0.459 e. The van der Waals surface area contributed by atoms with Gasteiger partial charge in [0, 0.05) is 18.8 Å². The van der Waals surface area contributed by atoms with Gasteiger partial charge < -0.3 is 14.8 Å². The minimum absolute atomic E-state index is 0.149. The molecule has 0 aromatic heterocycles. The van der Waals surface area contributed by atoms with Gasteiger partial charge in [-0.2, -0.15) is 0 Å². The van der Waals surface area contributed by atoms with E-state index >= 15 is 0 Å². The van der Waals surface area contributed by atoms with Gasteiger partial charge >= 0.3 is 12.1 Å². The topological polar surface area (TPSA) is 67.9 Å². The highest BCUT2D eigenvalue weighted by molar-refractivity contribution is 5.78. The van der Waals surface area contributed by atoms with E-state index in [0.29, 0.717) is 13.1 Å². The van der Waals surface area contributed by atoms with Gasteiger partial charge in [0.25, 0.3) is 0 Å². The Hall–Kier alpha value is -3.02. The highest BCUT2D eigenvalue weighted by atomic mass is 16.6. The highest BCUT2D eigenvalue weighted by Crippen LogP contribution is 2.09. The van der Waals surface area contributed by atoms with Crippen molar-refractivity contribution in [2.45, 2.75) is 33.0 Å². The van der Waals surface area contributed by atoms with Crippen molar-refractivity contribution in [1.82, 2.24) is 4.90 Å². The number of ether oxygens (including phenoxy) is 2. The van der Waals surface area contributed by atoms with Crippen molar-refractivity contribution in [2.75, 3.05) is 25.0 Å². The van der Waals surface area contributed by atoms with E-state index in [1.165, 1.54) is 4.90 Å². The van der Waals surface area contributed by atoms with Crippen molar-refractivity contribution in [3.05, 3.63) is 66.2 Å². The lowest BCUT2D eigenvalue weighted by molar-refractivity contribution is -0.155. The second kappa shape index (κ2) is 10.3. The Morgan fingerprint density at radius 2 is 1.57 bits per heavy atom. The maximum Gasteiger partial charge on any atom is 0.410 e. The molecule has 0 spiro atoms. The quantitative estimate of drug-likeness (QED) is 0.695. The number of nitrogens with one attached hydrogen (secondary N) is 1. The van der Waals surface area contributed by atoms with Crippen LogP contribution >= 0.6 is 0 Å². The Balaban J connectivity index is 1.93. The Kier molecular flexibility index (Phi) is 7.87. The van der Waals surface area contributed by atoms with E-state index in [1.807, 2.05) is 60.7 Å². The van der Waals surface area contributed by atoms with Crippen LogP contribution in [0.1, 0.15) is 26.3 Å². The first-order valence-electron chi connectivity index (χ1n) is 9.30. The fraction of sp³-hybridized carbons (Fsp3) is 0.364. The van der Waals surface area contributed by atoms with Crippen molar-refractivity contribution >= 4 is 17.7 Å². The average molecular weight is 384 g/mol. The van der Waals surface area contributed by atoms with Crippen LogP contribution in [0, 0.1) is 0 Å². The molecule has 0 aliphatic heterocycles. The number of nitrogens with zero attached hydrogens (tertiary/aromatic N) is 1. The minimum Gasteiger partial charge on any atom is -0.459 e. The van der Waals surface area contributed by atoms with Crippen LogP contribution in [0.15, 0.2) is 60.7 Å². The SMILES string of the molecule is CC(C)(C)OC(=O)CN(CCNc1ccccc1)C(=O)OCc1ccccc1. The van der Waals surface area contributed by atoms with Crippen LogP contribution < -0.4 is 5.32 Å². The van der Waals surface area contributed by atoms with Crippen molar-refractivity contribution in [2.24, 2.45) is 0 Å². The van der Waals surface area contributed by atoms with Gasteiger partial charge in [0.15, 0.2) is 0 Å². The van der Waals surface area contributed by atoms with Crippen LogP contribution in [0.2, 0.25) is 0 Å². The summed E-state index contributed by atoms with van der Waals surface area (Å²) in [5.74, 6) is -0.469. The molecule has 0 aliphatic carbocycles. The molecule has 0 saturated heterocycles. The lowest BCUT2D eigenvalue weighted by Crippen LogP contribution is -2.41. The van der Waals surface area contributed by atoms with E-state index in [1.54, 1.807) is 20.8 Å². The van der Waals surface area contributed by atoms with Gasteiger partial charge in [-0.05, 0) is 38.5 Å². The molecule has 0 heterocycles. The Bertz CT molecular complexity index is 742. The molecular weight excluding hydrogens is 356 g/mol. The molecule has 150 valence electrons. The monoisotopic (exact) mass is 384 g/mol. The predicted molar refractivity (Wildman–Crippen MR) is 109 cm³/mol. The second-order valence-corrected chi connectivity index (χ2v) is 7.34. The summed E-state index contributed by atoms with van der Waals surface area (Å²) in [7, 11) is 0. The van der Waals surface area contributed by atoms with Gasteiger partial charge in [-0.1, -0.05) is 48.5 Å². The van der Waals surface area contributed by atoms with E-state index < -0.39 is 17.7 Å². The first-order chi connectivity index (χ1) is 13.3. The third-order valence-electron chi connectivity index (χ3n) is 3.69. The molecule has 1 N–H and O–H groups in total. The lowest BCUT2D eigenvalue weighted by atomic mass is 10.2. The number of hydrogen-bond acceptors (Lipinski definition) is 5. The van der Waals surface area contributed by atoms with E-state index in [-0.39, 0.29) is 13.2 Å². The standard InChI is InChI=1S/C22H28N2O4/c1-22(2,3)28-20(25)16-24(15-14-23-19-12-8-5-9-13-19)21(26)27-17-18-10-6-4-7-11-18/h4-13,23H,14-17H2,1-3H3. The number of para-hydroxylation sites is 1. The molecule has 0 bridgehead atoms. The maximum atomic E-state index is 12.5. The molecule has 2 aromatic carbocycles. The molecular formula is C22H28N2O4. The summed E-state index contributed by atoms with van der Waals surface area (Å²) in [5.41, 5.74) is 1.21. The van der Waals surface area contributed by atoms with Gasteiger partial charge in [-0.3, -0.25) is 9.69 Å².